The van der Waals surface area contributed by atoms with Crippen molar-refractivity contribution < 1.29 is 4.42 Å². The van der Waals surface area contributed by atoms with Crippen LogP contribution < -0.4 is 4.90 Å². The second kappa shape index (κ2) is 10.9. The standard InChI is InChI=1S/C43H26N2OS2/c1-3-11-27(12-4-1)29-15-9-16-30(23-29)45(31-21-22-33-32-17-7-8-20-39(32)47-40(33)24-31)37-19-10-18-34-35-25-36-38(26-41(35)48-42(34)37)46-43(44-36)28-13-5-2-6-14-28/h1-26H. The minimum Gasteiger partial charge on any atom is -0.436 e. The number of hydrogen-bond donors (Lipinski definition) is 0. The molecule has 3 heterocycles. The highest BCUT2D eigenvalue weighted by atomic mass is 32.1. The predicted octanol–water partition coefficient (Wildman–Crippen LogP) is 13.4. The summed E-state index contributed by atoms with van der Waals surface area (Å²) in [6.45, 7) is 0. The van der Waals surface area contributed by atoms with Gasteiger partial charge in [-0.3, -0.25) is 0 Å². The first-order chi connectivity index (χ1) is 23.8. The van der Waals surface area contributed by atoms with Gasteiger partial charge in [0.15, 0.2) is 5.58 Å². The van der Waals surface area contributed by atoms with E-state index in [0.717, 1.165) is 33.7 Å². The molecule has 3 nitrogen and oxygen atoms in total. The van der Waals surface area contributed by atoms with Crippen LogP contribution in [0.25, 0.3) is 74.0 Å². The third-order valence-electron chi connectivity index (χ3n) is 9.08. The van der Waals surface area contributed by atoms with Gasteiger partial charge in [0.05, 0.1) is 10.4 Å². The van der Waals surface area contributed by atoms with Gasteiger partial charge >= 0.3 is 0 Å². The van der Waals surface area contributed by atoms with Gasteiger partial charge in [-0.15, -0.1) is 22.7 Å². The number of benzene rings is 7. The molecule has 5 heteroatoms. The molecule has 0 spiro atoms. The summed E-state index contributed by atoms with van der Waals surface area (Å²) in [5.41, 5.74) is 8.43. The fourth-order valence-corrected chi connectivity index (χ4v) is 9.18. The molecule has 7 aromatic carbocycles. The average Bonchev–Trinajstić information content (AvgIpc) is 3.84. The molecule has 0 N–H and O–H groups in total. The number of oxazole rings is 1. The van der Waals surface area contributed by atoms with E-state index in [0.29, 0.717) is 5.89 Å². The number of hydrogen-bond acceptors (Lipinski definition) is 5. The van der Waals surface area contributed by atoms with Gasteiger partial charge in [-0.25, -0.2) is 4.98 Å². The lowest BCUT2D eigenvalue weighted by Crippen LogP contribution is -2.10. The van der Waals surface area contributed by atoms with Crippen LogP contribution in [0.3, 0.4) is 0 Å². The Hall–Kier alpha value is -5.75. The summed E-state index contributed by atoms with van der Waals surface area (Å²) in [6.07, 6.45) is 0. The Morgan fingerprint density at radius 2 is 1.15 bits per heavy atom. The first-order valence-electron chi connectivity index (χ1n) is 15.9. The van der Waals surface area contributed by atoms with E-state index in [9.17, 15) is 0 Å². The lowest BCUT2D eigenvalue weighted by atomic mass is 10.0. The monoisotopic (exact) mass is 650 g/mol. The smallest absolute Gasteiger partial charge is 0.227 e. The maximum Gasteiger partial charge on any atom is 0.227 e. The quantitative estimate of drug-likeness (QED) is 0.186. The highest BCUT2D eigenvalue weighted by Crippen LogP contribution is 2.47. The molecule has 0 aliphatic heterocycles. The number of thiophene rings is 2. The second-order valence-electron chi connectivity index (χ2n) is 12.0. The van der Waals surface area contributed by atoms with E-state index in [-0.39, 0.29) is 0 Å². The fourth-order valence-electron chi connectivity index (χ4n) is 6.82. The highest BCUT2D eigenvalue weighted by molar-refractivity contribution is 7.26. The van der Waals surface area contributed by atoms with E-state index >= 15 is 0 Å². The minimum atomic E-state index is 0.648. The maximum atomic E-state index is 6.28. The van der Waals surface area contributed by atoms with Gasteiger partial charge in [0.2, 0.25) is 5.89 Å². The van der Waals surface area contributed by atoms with Crippen molar-refractivity contribution in [2.75, 3.05) is 4.90 Å². The molecular weight excluding hydrogens is 625 g/mol. The maximum absolute atomic E-state index is 6.28. The third kappa shape index (κ3) is 4.43. The van der Waals surface area contributed by atoms with Gasteiger partial charge in [0, 0.05) is 58.6 Å². The third-order valence-corrected chi connectivity index (χ3v) is 11.4. The first kappa shape index (κ1) is 27.4. The Balaban J connectivity index is 1.18. The molecule has 0 aliphatic rings. The van der Waals surface area contributed by atoms with E-state index in [1.807, 2.05) is 53.0 Å². The van der Waals surface area contributed by atoms with Crippen LogP contribution in [0.15, 0.2) is 162 Å². The van der Waals surface area contributed by atoms with Gasteiger partial charge in [-0.05, 0) is 65.7 Å². The van der Waals surface area contributed by atoms with Crippen molar-refractivity contribution in [3.05, 3.63) is 158 Å². The van der Waals surface area contributed by atoms with Crippen LogP contribution >= 0.6 is 22.7 Å². The van der Waals surface area contributed by atoms with E-state index in [1.54, 1.807) is 0 Å². The summed E-state index contributed by atoms with van der Waals surface area (Å²) in [7, 11) is 0. The molecular formula is C43H26N2OS2. The lowest BCUT2D eigenvalue weighted by Gasteiger charge is -2.26. The number of rotatable bonds is 5. The van der Waals surface area contributed by atoms with E-state index in [1.165, 1.54) is 51.5 Å². The summed E-state index contributed by atoms with van der Waals surface area (Å²) in [6, 6.07) is 56.2. The zero-order valence-corrected chi connectivity index (χ0v) is 27.3. The second-order valence-corrected chi connectivity index (χ2v) is 14.1. The Kier molecular flexibility index (Phi) is 6.22. The topological polar surface area (TPSA) is 29.3 Å². The molecule has 0 aliphatic carbocycles. The van der Waals surface area contributed by atoms with E-state index < -0.39 is 0 Å². The Morgan fingerprint density at radius 3 is 2.02 bits per heavy atom. The summed E-state index contributed by atoms with van der Waals surface area (Å²) in [5.74, 6) is 0.648. The number of nitrogens with zero attached hydrogens (tertiary/aromatic N) is 2. The zero-order chi connectivity index (χ0) is 31.6. The molecule has 226 valence electrons. The molecule has 0 amide bonds. The van der Waals surface area contributed by atoms with Crippen molar-refractivity contribution in [3.8, 4) is 22.6 Å². The van der Waals surface area contributed by atoms with Crippen molar-refractivity contribution in [1.82, 2.24) is 4.98 Å². The summed E-state index contributed by atoms with van der Waals surface area (Å²) in [5, 5.41) is 5.00. The van der Waals surface area contributed by atoms with Crippen molar-refractivity contribution in [3.63, 3.8) is 0 Å². The van der Waals surface area contributed by atoms with Crippen LogP contribution in [0.5, 0.6) is 0 Å². The van der Waals surface area contributed by atoms with Gasteiger partial charge in [-0.1, -0.05) is 97.1 Å². The molecule has 10 aromatic rings. The van der Waals surface area contributed by atoms with Crippen molar-refractivity contribution in [2.24, 2.45) is 0 Å². The molecule has 0 atom stereocenters. The molecule has 10 rings (SSSR count). The minimum absolute atomic E-state index is 0.648. The Bertz CT molecular complexity index is 2790. The molecule has 48 heavy (non-hydrogen) atoms. The molecule has 0 saturated heterocycles. The van der Waals surface area contributed by atoms with Crippen LogP contribution in [0.1, 0.15) is 0 Å². The van der Waals surface area contributed by atoms with E-state index in [4.69, 9.17) is 9.40 Å². The van der Waals surface area contributed by atoms with Gasteiger partial charge in [-0.2, -0.15) is 0 Å². The zero-order valence-electron chi connectivity index (χ0n) is 25.6. The Morgan fingerprint density at radius 1 is 0.458 bits per heavy atom. The molecule has 0 radical (unpaired) electrons. The van der Waals surface area contributed by atoms with Crippen molar-refractivity contribution in [2.45, 2.75) is 0 Å². The van der Waals surface area contributed by atoms with Crippen LogP contribution in [0.4, 0.5) is 17.1 Å². The predicted molar refractivity (Wildman–Crippen MR) is 205 cm³/mol. The van der Waals surface area contributed by atoms with Crippen LogP contribution in [-0.2, 0) is 0 Å². The fraction of sp³-hybridized carbons (Fsp3) is 0. The summed E-state index contributed by atoms with van der Waals surface area (Å²) in [4.78, 5) is 7.31. The average molecular weight is 651 g/mol. The number of anilines is 3. The normalized spacial score (nSPS) is 11.8. The summed E-state index contributed by atoms with van der Waals surface area (Å²) >= 11 is 3.66. The number of aromatic nitrogens is 1. The van der Waals surface area contributed by atoms with E-state index in [2.05, 4.69) is 132 Å². The molecule has 0 fully saturated rings. The molecule has 0 bridgehead atoms. The first-order valence-corrected chi connectivity index (χ1v) is 17.6. The Labute approximate surface area is 284 Å². The van der Waals surface area contributed by atoms with Crippen molar-refractivity contribution in [1.29, 1.82) is 0 Å². The SMILES string of the molecule is c1ccc(-c2cccc(N(c3ccc4c(c3)sc3ccccc34)c3cccc4c3sc3cc5oc(-c6ccccc6)nc5cc34)c2)cc1. The van der Waals surface area contributed by atoms with Crippen LogP contribution in [0, 0.1) is 0 Å². The number of fused-ring (bicyclic) bond motifs is 7. The molecule has 0 saturated carbocycles. The largest absolute Gasteiger partial charge is 0.436 e. The van der Waals surface area contributed by atoms with Gasteiger partial charge < -0.3 is 9.32 Å². The van der Waals surface area contributed by atoms with Crippen LogP contribution in [0.2, 0.25) is 0 Å². The van der Waals surface area contributed by atoms with Gasteiger partial charge in [0.1, 0.15) is 5.52 Å². The van der Waals surface area contributed by atoms with Crippen LogP contribution in [-0.4, -0.2) is 4.98 Å². The molecule has 3 aromatic heterocycles. The highest BCUT2D eigenvalue weighted by Gasteiger charge is 2.21. The molecule has 0 unspecified atom stereocenters. The van der Waals surface area contributed by atoms with Crippen molar-refractivity contribution >= 4 is 91.2 Å². The van der Waals surface area contributed by atoms with Gasteiger partial charge in [0.25, 0.3) is 0 Å². The summed E-state index contributed by atoms with van der Waals surface area (Å²) < 4.78 is 11.3. The lowest BCUT2D eigenvalue weighted by molar-refractivity contribution is 0.620.